The number of nitrogen functional groups attached to an aromatic ring is 1. The molecule has 1 aliphatic carbocycles. The normalized spacial score (nSPS) is 16.9. The number of rotatable bonds is 4. The Hall–Kier alpha value is -0.540. The summed E-state index contributed by atoms with van der Waals surface area (Å²) < 4.78 is 0.991. The van der Waals surface area contributed by atoms with Crippen molar-refractivity contribution in [2.75, 3.05) is 12.3 Å². The van der Waals surface area contributed by atoms with Crippen LogP contribution in [0.2, 0.25) is 0 Å². The largest absolute Gasteiger partial charge is 0.398 e. The lowest BCUT2D eigenvalue weighted by Gasteiger charge is -2.27. The number of hydrogen-bond acceptors (Lipinski definition) is 2. The number of hydrogen-bond donors (Lipinski definition) is 1. The number of benzene rings is 1. The van der Waals surface area contributed by atoms with Gasteiger partial charge in [0.2, 0.25) is 0 Å². The van der Waals surface area contributed by atoms with E-state index in [1.165, 1.54) is 31.2 Å². The van der Waals surface area contributed by atoms with Gasteiger partial charge in [-0.05, 0) is 53.0 Å². The molecule has 0 saturated heterocycles. The van der Waals surface area contributed by atoms with Gasteiger partial charge in [0.1, 0.15) is 0 Å². The molecule has 1 aromatic rings. The van der Waals surface area contributed by atoms with E-state index >= 15 is 0 Å². The molecule has 17 heavy (non-hydrogen) atoms. The SMILES string of the molecule is CCN(Cc1ccc(Br)c(N)c1)C1CCCC1. The van der Waals surface area contributed by atoms with Gasteiger partial charge in [-0.1, -0.05) is 25.8 Å². The van der Waals surface area contributed by atoms with Crippen molar-refractivity contribution in [3.8, 4) is 0 Å². The van der Waals surface area contributed by atoms with Crippen molar-refractivity contribution in [3.63, 3.8) is 0 Å². The second-order valence-corrected chi connectivity index (χ2v) is 5.71. The van der Waals surface area contributed by atoms with Gasteiger partial charge in [-0.2, -0.15) is 0 Å². The average molecular weight is 297 g/mol. The Kier molecular flexibility index (Phi) is 4.46. The first-order chi connectivity index (χ1) is 8.20. The summed E-state index contributed by atoms with van der Waals surface area (Å²) in [5, 5.41) is 0. The Morgan fingerprint density at radius 3 is 2.65 bits per heavy atom. The van der Waals surface area contributed by atoms with Crippen LogP contribution in [0, 0.1) is 0 Å². The molecule has 2 nitrogen and oxygen atoms in total. The van der Waals surface area contributed by atoms with E-state index in [2.05, 4.69) is 39.9 Å². The van der Waals surface area contributed by atoms with Crippen LogP contribution >= 0.6 is 15.9 Å². The Morgan fingerprint density at radius 1 is 1.35 bits per heavy atom. The number of nitrogens with two attached hydrogens (primary N) is 1. The Labute approximate surface area is 112 Å². The molecule has 0 atom stereocenters. The molecule has 0 unspecified atom stereocenters. The lowest BCUT2D eigenvalue weighted by Crippen LogP contribution is -2.32. The van der Waals surface area contributed by atoms with Gasteiger partial charge in [-0.3, -0.25) is 4.90 Å². The van der Waals surface area contributed by atoms with Gasteiger partial charge in [0.15, 0.2) is 0 Å². The van der Waals surface area contributed by atoms with Crippen LogP contribution < -0.4 is 5.73 Å². The molecule has 1 fully saturated rings. The van der Waals surface area contributed by atoms with Crippen LogP contribution in [-0.4, -0.2) is 17.5 Å². The summed E-state index contributed by atoms with van der Waals surface area (Å²) in [5.41, 5.74) is 8.08. The minimum Gasteiger partial charge on any atom is -0.398 e. The van der Waals surface area contributed by atoms with Gasteiger partial charge in [0.05, 0.1) is 0 Å². The molecule has 1 saturated carbocycles. The Morgan fingerprint density at radius 2 is 2.06 bits per heavy atom. The van der Waals surface area contributed by atoms with Gasteiger partial charge in [0, 0.05) is 22.7 Å². The molecular formula is C14H21BrN2. The van der Waals surface area contributed by atoms with Crippen LogP contribution in [-0.2, 0) is 6.54 Å². The van der Waals surface area contributed by atoms with E-state index in [0.717, 1.165) is 29.3 Å². The summed E-state index contributed by atoms with van der Waals surface area (Å²) in [6.45, 7) is 4.40. The maximum absolute atomic E-state index is 5.93. The second kappa shape index (κ2) is 5.87. The zero-order valence-corrected chi connectivity index (χ0v) is 12.0. The summed E-state index contributed by atoms with van der Waals surface area (Å²) in [7, 11) is 0. The van der Waals surface area contributed by atoms with Crippen LogP contribution in [0.4, 0.5) is 5.69 Å². The summed E-state index contributed by atoms with van der Waals surface area (Å²) >= 11 is 3.44. The molecule has 2 N–H and O–H groups in total. The van der Waals surface area contributed by atoms with E-state index < -0.39 is 0 Å². The third kappa shape index (κ3) is 3.23. The fourth-order valence-electron chi connectivity index (χ4n) is 2.69. The lowest BCUT2D eigenvalue weighted by molar-refractivity contribution is 0.200. The highest BCUT2D eigenvalue weighted by molar-refractivity contribution is 9.10. The molecule has 0 heterocycles. The van der Waals surface area contributed by atoms with Crippen LogP contribution in [0.5, 0.6) is 0 Å². The first-order valence-electron chi connectivity index (χ1n) is 6.48. The van der Waals surface area contributed by atoms with Crippen molar-refractivity contribution >= 4 is 21.6 Å². The van der Waals surface area contributed by atoms with Crippen molar-refractivity contribution < 1.29 is 0 Å². The highest BCUT2D eigenvalue weighted by atomic mass is 79.9. The maximum atomic E-state index is 5.93. The quantitative estimate of drug-likeness (QED) is 0.857. The summed E-state index contributed by atoms with van der Waals surface area (Å²) in [6.07, 6.45) is 5.51. The van der Waals surface area contributed by atoms with E-state index in [-0.39, 0.29) is 0 Å². The average Bonchev–Trinajstić information content (AvgIpc) is 2.84. The van der Waals surface area contributed by atoms with Gasteiger partial charge in [-0.15, -0.1) is 0 Å². The summed E-state index contributed by atoms with van der Waals surface area (Å²) in [6, 6.07) is 7.08. The number of anilines is 1. The topological polar surface area (TPSA) is 29.3 Å². The molecule has 0 amide bonds. The van der Waals surface area contributed by atoms with Crippen molar-refractivity contribution in [2.24, 2.45) is 0 Å². The van der Waals surface area contributed by atoms with E-state index in [9.17, 15) is 0 Å². The van der Waals surface area contributed by atoms with E-state index in [4.69, 9.17) is 5.73 Å². The smallest absolute Gasteiger partial charge is 0.0461 e. The maximum Gasteiger partial charge on any atom is 0.0461 e. The van der Waals surface area contributed by atoms with E-state index in [1.54, 1.807) is 0 Å². The zero-order chi connectivity index (χ0) is 12.3. The molecule has 94 valence electrons. The van der Waals surface area contributed by atoms with Crippen LogP contribution in [0.15, 0.2) is 22.7 Å². The van der Waals surface area contributed by atoms with Gasteiger partial charge in [0.25, 0.3) is 0 Å². The highest BCUT2D eigenvalue weighted by Gasteiger charge is 2.21. The molecule has 0 aliphatic heterocycles. The van der Waals surface area contributed by atoms with Crippen LogP contribution in [0.25, 0.3) is 0 Å². The molecule has 3 heteroatoms. The van der Waals surface area contributed by atoms with Gasteiger partial charge >= 0.3 is 0 Å². The standard InChI is InChI=1S/C14H21BrN2/c1-2-17(12-5-3-4-6-12)10-11-7-8-13(15)14(16)9-11/h7-9,12H,2-6,10,16H2,1H3. The van der Waals surface area contributed by atoms with E-state index in [0.29, 0.717) is 0 Å². The molecule has 0 spiro atoms. The summed E-state index contributed by atoms with van der Waals surface area (Å²) in [5.74, 6) is 0. The second-order valence-electron chi connectivity index (χ2n) is 4.86. The Balaban J connectivity index is 2.04. The van der Waals surface area contributed by atoms with Crippen molar-refractivity contribution in [1.29, 1.82) is 0 Å². The van der Waals surface area contributed by atoms with Crippen molar-refractivity contribution in [1.82, 2.24) is 4.90 Å². The number of halogens is 1. The first-order valence-corrected chi connectivity index (χ1v) is 7.28. The minimum atomic E-state index is 0.782. The van der Waals surface area contributed by atoms with Crippen molar-refractivity contribution in [2.45, 2.75) is 45.2 Å². The van der Waals surface area contributed by atoms with Gasteiger partial charge in [-0.25, -0.2) is 0 Å². The van der Waals surface area contributed by atoms with Crippen LogP contribution in [0.3, 0.4) is 0 Å². The zero-order valence-electron chi connectivity index (χ0n) is 10.5. The molecule has 0 bridgehead atoms. The molecule has 0 aromatic heterocycles. The highest BCUT2D eigenvalue weighted by Crippen LogP contribution is 2.26. The molecule has 0 radical (unpaired) electrons. The minimum absolute atomic E-state index is 0.782. The van der Waals surface area contributed by atoms with E-state index in [1.807, 2.05) is 6.07 Å². The fraction of sp³-hybridized carbons (Fsp3) is 0.571. The third-order valence-corrected chi connectivity index (χ3v) is 4.42. The Bertz CT molecular complexity index is 372. The monoisotopic (exact) mass is 296 g/mol. The first kappa shape index (κ1) is 12.9. The fourth-order valence-corrected chi connectivity index (χ4v) is 2.94. The van der Waals surface area contributed by atoms with Crippen molar-refractivity contribution in [3.05, 3.63) is 28.2 Å². The predicted molar refractivity (Wildman–Crippen MR) is 76.9 cm³/mol. The summed E-state index contributed by atoms with van der Waals surface area (Å²) in [4.78, 5) is 2.58. The predicted octanol–water partition coefficient (Wildman–Crippen LogP) is 3.80. The molecular weight excluding hydrogens is 276 g/mol. The molecule has 1 aliphatic rings. The third-order valence-electron chi connectivity index (χ3n) is 3.69. The van der Waals surface area contributed by atoms with Gasteiger partial charge < -0.3 is 5.73 Å². The number of nitrogens with zero attached hydrogens (tertiary/aromatic N) is 1. The van der Waals surface area contributed by atoms with Crippen LogP contribution in [0.1, 0.15) is 38.2 Å². The molecule has 1 aromatic carbocycles. The molecule has 2 rings (SSSR count). The lowest BCUT2D eigenvalue weighted by atomic mass is 10.1.